The smallest absolute Gasteiger partial charge is 0.150 e. The third-order valence-electron chi connectivity index (χ3n) is 3.47. The van der Waals surface area contributed by atoms with E-state index < -0.39 is 9.84 Å². The predicted octanol–water partition coefficient (Wildman–Crippen LogP) is 1.79. The topological polar surface area (TPSA) is 46.2 Å². The molecule has 0 aromatic heterocycles. The highest BCUT2D eigenvalue weighted by Crippen LogP contribution is 2.12. The molecule has 0 aliphatic carbocycles. The van der Waals surface area contributed by atoms with E-state index in [2.05, 4.69) is 29.6 Å². The first-order valence-electron chi connectivity index (χ1n) is 6.63. The summed E-state index contributed by atoms with van der Waals surface area (Å²) in [4.78, 5) is 0. The molecule has 3 nitrogen and oxygen atoms in total. The molecule has 0 unspecified atom stereocenters. The number of nitrogens with one attached hydrogen (secondary N) is 1. The second-order valence-electron chi connectivity index (χ2n) is 4.97. The fraction of sp³-hybridized carbons (Fsp3) is 0.571. The van der Waals surface area contributed by atoms with Gasteiger partial charge in [-0.15, -0.1) is 0 Å². The molecule has 0 saturated carbocycles. The predicted molar refractivity (Wildman–Crippen MR) is 74.4 cm³/mol. The molecule has 0 amide bonds. The molecule has 1 aromatic carbocycles. The van der Waals surface area contributed by atoms with Gasteiger partial charge < -0.3 is 5.32 Å². The zero-order valence-electron chi connectivity index (χ0n) is 10.6. The van der Waals surface area contributed by atoms with Crippen molar-refractivity contribution in [3.05, 3.63) is 35.9 Å². The highest BCUT2D eigenvalue weighted by molar-refractivity contribution is 7.91. The Kier molecular flexibility index (Phi) is 4.78. The maximum atomic E-state index is 11.3. The van der Waals surface area contributed by atoms with E-state index in [0.717, 1.165) is 32.2 Å². The van der Waals surface area contributed by atoms with E-state index in [0.29, 0.717) is 17.5 Å². The summed E-state index contributed by atoms with van der Waals surface area (Å²) in [5.41, 5.74) is 1.37. The van der Waals surface area contributed by atoms with E-state index in [-0.39, 0.29) is 0 Å². The van der Waals surface area contributed by atoms with Gasteiger partial charge in [-0.25, -0.2) is 8.42 Å². The van der Waals surface area contributed by atoms with Crippen LogP contribution in [0.2, 0.25) is 0 Å². The highest BCUT2D eigenvalue weighted by atomic mass is 32.2. The fourth-order valence-electron chi connectivity index (χ4n) is 2.34. The van der Waals surface area contributed by atoms with Crippen LogP contribution in [0.25, 0.3) is 0 Å². The third kappa shape index (κ3) is 4.42. The molecule has 0 atom stereocenters. The van der Waals surface area contributed by atoms with Gasteiger partial charge in [-0.3, -0.25) is 0 Å². The summed E-state index contributed by atoms with van der Waals surface area (Å²) in [6.45, 7) is 0.972. The first-order chi connectivity index (χ1) is 8.66. The van der Waals surface area contributed by atoms with Crippen molar-refractivity contribution in [2.24, 2.45) is 0 Å². The standard InChI is InChI=1S/C14H21NO2S/c16-18(17)11-8-14(9-12-18)15-10-4-7-13-5-2-1-3-6-13/h1-3,5-6,14-15H,4,7-12H2. The van der Waals surface area contributed by atoms with Gasteiger partial charge in [0.1, 0.15) is 9.84 Å². The average Bonchev–Trinajstić information content (AvgIpc) is 2.37. The van der Waals surface area contributed by atoms with Gasteiger partial charge in [0, 0.05) is 6.04 Å². The van der Waals surface area contributed by atoms with Gasteiger partial charge in [-0.1, -0.05) is 30.3 Å². The first-order valence-corrected chi connectivity index (χ1v) is 8.46. The zero-order chi connectivity index (χ0) is 12.8. The van der Waals surface area contributed by atoms with E-state index in [1.807, 2.05) is 6.07 Å². The van der Waals surface area contributed by atoms with Crippen LogP contribution in [0.15, 0.2) is 30.3 Å². The van der Waals surface area contributed by atoms with Gasteiger partial charge in [0.25, 0.3) is 0 Å². The van der Waals surface area contributed by atoms with Gasteiger partial charge in [0.2, 0.25) is 0 Å². The van der Waals surface area contributed by atoms with Crippen molar-refractivity contribution in [2.75, 3.05) is 18.1 Å². The van der Waals surface area contributed by atoms with E-state index in [1.165, 1.54) is 5.56 Å². The van der Waals surface area contributed by atoms with Crippen LogP contribution in [0.4, 0.5) is 0 Å². The highest BCUT2D eigenvalue weighted by Gasteiger charge is 2.22. The van der Waals surface area contributed by atoms with Gasteiger partial charge in [-0.2, -0.15) is 0 Å². The van der Waals surface area contributed by atoms with Crippen LogP contribution in [0, 0.1) is 0 Å². The number of aryl methyl sites for hydroxylation is 1. The lowest BCUT2D eigenvalue weighted by Crippen LogP contribution is -2.38. The Hall–Kier alpha value is -0.870. The van der Waals surface area contributed by atoms with Gasteiger partial charge in [0.15, 0.2) is 0 Å². The Morgan fingerprint density at radius 2 is 1.78 bits per heavy atom. The Morgan fingerprint density at radius 3 is 2.44 bits per heavy atom. The summed E-state index contributed by atoms with van der Waals surface area (Å²) >= 11 is 0. The molecule has 4 heteroatoms. The Bertz CT molecular complexity index is 442. The first kappa shape index (κ1) is 13.6. The fourth-order valence-corrected chi connectivity index (χ4v) is 3.83. The van der Waals surface area contributed by atoms with Crippen LogP contribution in [-0.2, 0) is 16.3 Å². The lowest BCUT2D eigenvalue weighted by atomic mass is 10.1. The molecule has 1 aliphatic rings. The Balaban J connectivity index is 1.62. The zero-order valence-corrected chi connectivity index (χ0v) is 11.5. The summed E-state index contributed by atoms with van der Waals surface area (Å²) in [6, 6.07) is 10.8. The van der Waals surface area contributed by atoms with Crippen molar-refractivity contribution in [3.63, 3.8) is 0 Å². The molecule has 1 heterocycles. The Morgan fingerprint density at radius 1 is 1.11 bits per heavy atom. The van der Waals surface area contributed by atoms with Crippen LogP contribution in [0.3, 0.4) is 0 Å². The van der Waals surface area contributed by atoms with Gasteiger partial charge >= 0.3 is 0 Å². The van der Waals surface area contributed by atoms with Gasteiger partial charge in [0.05, 0.1) is 11.5 Å². The summed E-state index contributed by atoms with van der Waals surface area (Å²) in [5, 5.41) is 3.47. The molecule has 1 fully saturated rings. The SMILES string of the molecule is O=S1(=O)CCC(NCCCc2ccccc2)CC1. The van der Waals surface area contributed by atoms with E-state index >= 15 is 0 Å². The van der Waals surface area contributed by atoms with Crippen LogP contribution in [-0.4, -0.2) is 32.5 Å². The lowest BCUT2D eigenvalue weighted by Gasteiger charge is -2.23. The van der Waals surface area contributed by atoms with Crippen molar-refractivity contribution in [2.45, 2.75) is 31.7 Å². The van der Waals surface area contributed by atoms with E-state index in [1.54, 1.807) is 0 Å². The molecular formula is C14H21NO2S. The van der Waals surface area contributed by atoms with Crippen molar-refractivity contribution in [3.8, 4) is 0 Å². The second-order valence-corrected chi connectivity index (χ2v) is 7.27. The van der Waals surface area contributed by atoms with Crippen LogP contribution in [0.1, 0.15) is 24.8 Å². The maximum absolute atomic E-state index is 11.3. The van der Waals surface area contributed by atoms with Crippen molar-refractivity contribution in [1.29, 1.82) is 0 Å². The maximum Gasteiger partial charge on any atom is 0.150 e. The van der Waals surface area contributed by atoms with Crippen molar-refractivity contribution in [1.82, 2.24) is 5.32 Å². The molecule has 1 aliphatic heterocycles. The largest absolute Gasteiger partial charge is 0.314 e. The normalized spacial score (nSPS) is 19.8. The number of hydrogen-bond acceptors (Lipinski definition) is 3. The number of benzene rings is 1. The minimum absolute atomic E-state index is 0.351. The number of hydrogen-bond donors (Lipinski definition) is 1. The van der Waals surface area contributed by atoms with Crippen LogP contribution in [0.5, 0.6) is 0 Å². The molecule has 0 bridgehead atoms. The summed E-state index contributed by atoms with van der Waals surface area (Å²) in [6.07, 6.45) is 3.73. The summed E-state index contributed by atoms with van der Waals surface area (Å²) in [7, 11) is -2.73. The van der Waals surface area contributed by atoms with Crippen molar-refractivity contribution >= 4 is 9.84 Å². The number of rotatable bonds is 5. The molecule has 18 heavy (non-hydrogen) atoms. The molecule has 1 aromatic rings. The second kappa shape index (κ2) is 6.34. The molecule has 0 spiro atoms. The van der Waals surface area contributed by atoms with Crippen LogP contribution >= 0.6 is 0 Å². The monoisotopic (exact) mass is 267 g/mol. The van der Waals surface area contributed by atoms with E-state index in [9.17, 15) is 8.42 Å². The van der Waals surface area contributed by atoms with Gasteiger partial charge in [-0.05, 0) is 37.8 Å². The van der Waals surface area contributed by atoms with E-state index in [4.69, 9.17) is 0 Å². The van der Waals surface area contributed by atoms with Crippen molar-refractivity contribution < 1.29 is 8.42 Å². The molecule has 2 rings (SSSR count). The molecule has 0 radical (unpaired) electrons. The molecular weight excluding hydrogens is 246 g/mol. The molecule has 1 N–H and O–H groups in total. The summed E-state index contributed by atoms with van der Waals surface area (Å²) in [5.74, 6) is 0.701. The number of sulfone groups is 1. The quantitative estimate of drug-likeness (QED) is 0.827. The van der Waals surface area contributed by atoms with Crippen LogP contribution < -0.4 is 5.32 Å². The molecule has 1 saturated heterocycles. The average molecular weight is 267 g/mol. The Labute approximate surface area is 110 Å². The minimum Gasteiger partial charge on any atom is -0.314 e. The molecule has 100 valence electrons. The third-order valence-corrected chi connectivity index (χ3v) is 5.19. The summed E-state index contributed by atoms with van der Waals surface area (Å²) < 4.78 is 22.6. The minimum atomic E-state index is -2.73. The lowest BCUT2D eigenvalue weighted by molar-refractivity contribution is 0.460.